The van der Waals surface area contributed by atoms with Crippen molar-refractivity contribution in [1.29, 1.82) is 0 Å². The summed E-state index contributed by atoms with van der Waals surface area (Å²) in [5, 5.41) is 8.26. The summed E-state index contributed by atoms with van der Waals surface area (Å²) in [4.78, 5) is 32.6. The summed E-state index contributed by atoms with van der Waals surface area (Å²) in [6.07, 6.45) is 8.88. The maximum atomic E-state index is 14.3. The van der Waals surface area contributed by atoms with Crippen molar-refractivity contribution >= 4 is 29.3 Å². The number of nitrogens with two attached hydrogens (primary N) is 1. The van der Waals surface area contributed by atoms with Crippen molar-refractivity contribution in [2.24, 2.45) is 5.73 Å². The molecule has 9 heteroatoms. The molecule has 0 saturated carbocycles. The van der Waals surface area contributed by atoms with E-state index in [9.17, 15) is 14.0 Å². The van der Waals surface area contributed by atoms with Gasteiger partial charge < -0.3 is 16.4 Å². The van der Waals surface area contributed by atoms with Gasteiger partial charge in [-0.05, 0) is 55.8 Å². The fourth-order valence-corrected chi connectivity index (χ4v) is 3.36. The summed E-state index contributed by atoms with van der Waals surface area (Å²) in [6, 6.07) is 4.93. The second-order valence-corrected chi connectivity index (χ2v) is 7.75. The summed E-state index contributed by atoms with van der Waals surface area (Å²) in [5.74, 6) is -1.34. The second-order valence-electron chi connectivity index (χ2n) is 7.75. The molecular formula is C22H21FN6O2. The van der Waals surface area contributed by atoms with Crippen LogP contribution in [0.2, 0.25) is 0 Å². The first-order valence-electron chi connectivity index (χ1n) is 9.64. The van der Waals surface area contributed by atoms with Crippen LogP contribution in [0.25, 0.3) is 0 Å². The monoisotopic (exact) mass is 420 g/mol. The van der Waals surface area contributed by atoms with Gasteiger partial charge in [-0.1, -0.05) is 18.2 Å². The standard InChI is InChI=1S/C22H21FN6O2/c1-22(2)16-8-7-14(9-15(16)19(30)29-20(22)31)26-18-17(23)11-25-21(28-18)27-13-5-3-12(10-24)4-6-13/h3,5-11H,4,24H2,1-2H3,(H,29,30,31)(H2,25,26,27,28). The predicted molar refractivity (Wildman–Crippen MR) is 115 cm³/mol. The average molecular weight is 420 g/mol. The molecule has 8 nitrogen and oxygen atoms in total. The number of anilines is 3. The number of imide groups is 1. The molecule has 1 aliphatic carbocycles. The minimum Gasteiger partial charge on any atom is -0.404 e. The third-order valence-corrected chi connectivity index (χ3v) is 5.24. The van der Waals surface area contributed by atoms with Crippen LogP contribution < -0.4 is 21.7 Å². The molecule has 2 heterocycles. The van der Waals surface area contributed by atoms with Crippen molar-refractivity contribution in [3.63, 3.8) is 0 Å². The van der Waals surface area contributed by atoms with Gasteiger partial charge in [0.25, 0.3) is 5.91 Å². The van der Waals surface area contributed by atoms with E-state index in [0.29, 0.717) is 23.2 Å². The fourth-order valence-electron chi connectivity index (χ4n) is 3.36. The minimum absolute atomic E-state index is 0.0491. The number of hydrogen-bond acceptors (Lipinski definition) is 7. The zero-order valence-corrected chi connectivity index (χ0v) is 17.0. The van der Waals surface area contributed by atoms with Crippen LogP contribution in [-0.4, -0.2) is 21.8 Å². The van der Waals surface area contributed by atoms with Crippen molar-refractivity contribution in [1.82, 2.24) is 15.3 Å². The van der Waals surface area contributed by atoms with Gasteiger partial charge in [0.15, 0.2) is 11.6 Å². The first-order chi connectivity index (χ1) is 14.8. The molecule has 2 amide bonds. The fraction of sp³-hybridized carbons (Fsp3) is 0.182. The Bertz CT molecular complexity index is 1180. The maximum absolute atomic E-state index is 14.3. The van der Waals surface area contributed by atoms with Crippen LogP contribution in [0.3, 0.4) is 0 Å². The van der Waals surface area contributed by atoms with Gasteiger partial charge in [0, 0.05) is 16.9 Å². The molecule has 1 aromatic carbocycles. The van der Waals surface area contributed by atoms with E-state index < -0.39 is 17.1 Å². The third kappa shape index (κ3) is 3.89. The van der Waals surface area contributed by atoms with Crippen LogP contribution in [0.15, 0.2) is 60.1 Å². The van der Waals surface area contributed by atoms with Crippen molar-refractivity contribution in [3.8, 4) is 0 Å². The Balaban J connectivity index is 1.58. The van der Waals surface area contributed by atoms with E-state index in [1.807, 2.05) is 18.2 Å². The molecule has 5 N–H and O–H groups in total. The Morgan fingerprint density at radius 2 is 2.03 bits per heavy atom. The molecule has 1 aliphatic heterocycles. The lowest BCUT2D eigenvalue weighted by Gasteiger charge is -2.30. The number of carbonyl (C=O) groups excluding carboxylic acids is 2. The molecule has 0 radical (unpaired) electrons. The molecule has 0 spiro atoms. The van der Waals surface area contributed by atoms with Crippen LogP contribution in [-0.2, 0) is 10.2 Å². The Kier molecular flexibility index (Phi) is 5.02. The molecular weight excluding hydrogens is 399 g/mol. The molecule has 0 unspecified atom stereocenters. The predicted octanol–water partition coefficient (Wildman–Crippen LogP) is 3.01. The largest absolute Gasteiger partial charge is 0.404 e. The number of hydrogen-bond donors (Lipinski definition) is 4. The topological polar surface area (TPSA) is 122 Å². The molecule has 2 aromatic rings. The Labute approximate surface area is 178 Å². The maximum Gasteiger partial charge on any atom is 0.258 e. The molecule has 0 fully saturated rings. The van der Waals surface area contributed by atoms with E-state index in [1.54, 1.807) is 32.0 Å². The number of halogens is 1. The van der Waals surface area contributed by atoms with E-state index in [0.717, 1.165) is 17.5 Å². The summed E-state index contributed by atoms with van der Waals surface area (Å²) in [5.41, 5.74) is 7.82. The number of carbonyl (C=O) groups is 2. The van der Waals surface area contributed by atoms with Crippen LogP contribution in [0.1, 0.15) is 36.2 Å². The molecule has 158 valence electrons. The van der Waals surface area contributed by atoms with E-state index in [2.05, 4.69) is 25.9 Å². The number of benzene rings is 1. The Hall–Kier alpha value is -4.01. The lowest BCUT2D eigenvalue weighted by molar-refractivity contribution is -0.125. The van der Waals surface area contributed by atoms with E-state index in [-0.39, 0.29) is 17.7 Å². The summed E-state index contributed by atoms with van der Waals surface area (Å²) >= 11 is 0. The van der Waals surface area contributed by atoms with Crippen LogP contribution in [0, 0.1) is 5.82 Å². The quantitative estimate of drug-likeness (QED) is 0.561. The molecule has 4 rings (SSSR count). The second kappa shape index (κ2) is 7.67. The molecule has 31 heavy (non-hydrogen) atoms. The van der Waals surface area contributed by atoms with Gasteiger partial charge in [0.1, 0.15) is 0 Å². The van der Waals surface area contributed by atoms with Crippen molar-refractivity contribution in [2.75, 3.05) is 10.6 Å². The molecule has 0 bridgehead atoms. The number of aromatic nitrogens is 2. The van der Waals surface area contributed by atoms with Crippen molar-refractivity contribution in [2.45, 2.75) is 25.7 Å². The molecule has 2 aliphatic rings. The summed E-state index contributed by atoms with van der Waals surface area (Å²) < 4.78 is 14.3. The Morgan fingerprint density at radius 1 is 1.23 bits per heavy atom. The van der Waals surface area contributed by atoms with Gasteiger partial charge in [0.2, 0.25) is 11.9 Å². The summed E-state index contributed by atoms with van der Waals surface area (Å²) in [7, 11) is 0. The highest BCUT2D eigenvalue weighted by Crippen LogP contribution is 2.33. The van der Waals surface area contributed by atoms with Gasteiger partial charge >= 0.3 is 0 Å². The average Bonchev–Trinajstić information content (AvgIpc) is 2.75. The number of amides is 2. The first-order valence-corrected chi connectivity index (χ1v) is 9.64. The number of nitrogens with zero attached hydrogens (tertiary/aromatic N) is 2. The zero-order chi connectivity index (χ0) is 22.2. The highest BCUT2D eigenvalue weighted by molar-refractivity contribution is 6.13. The van der Waals surface area contributed by atoms with Gasteiger partial charge in [-0.15, -0.1) is 0 Å². The van der Waals surface area contributed by atoms with Crippen molar-refractivity contribution < 1.29 is 14.0 Å². The highest BCUT2D eigenvalue weighted by Gasteiger charge is 2.39. The number of rotatable bonds is 4. The van der Waals surface area contributed by atoms with Gasteiger partial charge in [0.05, 0.1) is 11.6 Å². The first kappa shape index (κ1) is 20.3. The third-order valence-electron chi connectivity index (χ3n) is 5.24. The number of nitrogens with one attached hydrogen (secondary N) is 3. The molecule has 0 saturated heterocycles. The van der Waals surface area contributed by atoms with E-state index in [1.165, 1.54) is 6.20 Å². The van der Waals surface area contributed by atoms with Gasteiger partial charge in [-0.2, -0.15) is 4.98 Å². The molecule has 0 atom stereocenters. The van der Waals surface area contributed by atoms with Gasteiger partial charge in [-0.25, -0.2) is 9.37 Å². The van der Waals surface area contributed by atoms with Gasteiger partial charge in [-0.3, -0.25) is 14.9 Å². The highest BCUT2D eigenvalue weighted by atomic mass is 19.1. The molecule has 1 aromatic heterocycles. The number of fused-ring (bicyclic) bond motifs is 1. The smallest absolute Gasteiger partial charge is 0.258 e. The lowest BCUT2D eigenvalue weighted by atomic mass is 9.78. The number of allylic oxidation sites excluding steroid dienone is 4. The van der Waals surface area contributed by atoms with Crippen LogP contribution in [0.4, 0.5) is 21.8 Å². The zero-order valence-electron chi connectivity index (χ0n) is 17.0. The van der Waals surface area contributed by atoms with E-state index in [4.69, 9.17) is 5.73 Å². The normalized spacial score (nSPS) is 18.3. The summed E-state index contributed by atoms with van der Waals surface area (Å²) in [6.45, 7) is 3.48. The van der Waals surface area contributed by atoms with Crippen LogP contribution >= 0.6 is 0 Å². The SMILES string of the molecule is CC1(C)C(=O)NC(=O)c2cc(Nc3nc(NC4=CCC(=CN)C=C4)ncc3F)ccc21. The minimum atomic E-state index is -0.848. The Morgan fingerprint density at radius 3 is 2.74 bits per heavy atom. The van der Waals surface area contributed by atoms with Crippen molar-refractivity contribution in [3.05, 3.63) is 77.0 Å². The van der Waals surface area contributed by atoms with E-state index >= 15 is 0 Å². The lowest BCUT2D eigenvalue weighted by Crippen LogP contribution is -2.48. The van der Waals surface area contributed by atoms with Crippen LogP contribution in [0.5, 0.6) is 0 Å².